The summed E-state index contributed by atoms with van der Waals surface area (Å²) in [5.41, 5.74) is 0.574. The standard InChI is InChI=1S/C20H21BrN4O2S/c1-3-24(20(27)23-28-16-7-5-4-6-8-16)11-12-25-14(2)22-18-10-9-15(21)13-17(18)19(25)26/h4-10,13H,3,11-12H2,1-2H3,(H,23,27). The number of hydrogen-bond donors (Lipinski definition) is 1. The molecule has 28 heavy (non-hydrogen) atoms. The number of carbonyl (C=O) groups is 1. The number of halogens is 1. The lowest BCUT2D eigenvalue weighted by Crippen LogP contribution is -2.40. The molecule has 2 amide bonds. The van der Waals surface area contributed by atoms with Gasteiger partial charge in [-0.25, -0.2) is 9.78 Å². The molecule has 0 saturated heterocycles. The zero-order valence-corrected chi connectivity index (χ0v) is 18.1. The molecule has 0 aliphatic carbocycles. The Labute approximate surface area is 176 Å². The Balaban J connectivity index is 1.70. The number of benzene rings is 2. The van der Waals surface area contributed by atoms with Gasteiger partial charge in [0.15, 0.2) is 0 Å². The first-order valence-corrected chi connectivity index (χ1v) is 10.5. The second-order valence-electron chi connectivity index (χ2n) is 6.18. The van der Waals surface area contributed by atoms with Crippen molar-refractivity contribution in [3.63, 3.8) is 0 Å². The molecule has 0 saturated carbocycles. The van der Waals surface area contributed by atoms with E-state index in [4.69, 9.17) is 0 Å². The summed E-state index contributed by atoms with van der Waals surface area (Å²) in [5.74, 6) is 0.634. The molecule has 1 N–H and O–H groups in total. The van der Waals surface area contributed by atoms with E-state index < -0.39 is 0 Å². The van der Waals surface area contributed by atoms with Gasteiger partial charge in [-0.1, -0.05) is 34.1 Å². The van der Waals surface area contributed by atoms with Gasteiger partial charge in [0, 0.05) is 29.0 Å². The maximum absolute atomic E-state index is 12.9. The van der Waals surface area contributed by atoms with Crippen LogP contribution in [-0.4, -0.2) is 33.6 Å². The summed E-state index contributed by atoms with van der Waals surface area (Å²) in [7, 11) is 0. The van der Waals surface area contributed by atoms with Crippen LogP contribution >= 0.6 is 27.9 Å². The number of amides is 2. The van der Waals surface area contributed by atoms with Crippen molar-refractivity contribution in [2.75, 3.05) is 13.1 Å². The van der Waals surface area contributed by atoms with Gasteiger partial charge in [0.1, 0.15) is 5.82 Å². The number of aryl methyl sites for hydroxylation is 1. The van der Waals surface area contributed by atoms with Crippen LogP contribution < -0.4 is 10.3 Å². The van der Waals surface area contributed by atoms with E-state index in [-0.39, 0.29) is 11.6 Å². The molecule has 0 fully saturated rings. The van der Waals surface area contributed by atoms with Crippen molar-refractivity contribution in [1.29, 1.82) is 0 Å². The molecule has 0 aliphatic heterocycles. The zero-order valence-electron chi connectivity index (χ0n) is 15.7. The monoisotopic (exact) mass is 460 g/mol. The maximum atomic E-state index is 12.9. The number of hydrogen-bond acceptors (Lipinski definition) is 4. The minimum Gasteiger partial charge on any atom is -0.323 e. The minimum atomic E-state index is -0.182. The lowest BCUT2D eigenvalue weighted by atomic mass is 10.2. The largest absolute Gasteiger partial charge is 0.327 e. The number of aromatic nitrogens is 2. The summed E-state index contributed by atoms with van der Waals surface area (Å²) < 4.78 is 5.30. The van der Waals surface area contributed by atoms with Crippen molar-refractivity contribution in [2.24, 2.45) is 0 Å². The second-order valence-corrected chi connectivity index (χ2v) is 7.97. The van der Waals surface area contributed by atoms with E-state index in [2.05, 4.69) is 25.6 Å². The number of rotatable bonds is 6. The Bertz CT molecular complexity index is 1040. The summed E-state index contributed by atoms with van der Waals surface area (Å²) in [6.07, 6.45) is 0. The number of nitrogens with one attached hydrogen (secondary N) is 1. The Morgan fingerprint density at radius 1 is 1.25 bits per heavy atom. The number of fused-ring (bicyclic) bond motifs is 1. The number of likely N-dealkylation sites (N-methyl/N-ethyl adjacent to an activating group) is 1. The van der Waals surface area contributed by atoms with Crippen molar-refractivity contribution in [1.82, 2.24) is 19.2 Å². The highest BCUT2D eigenvalue weighted by Crippen LogP contribution is 2.16. The van der Waals surface area contributed by atoms with E-state index in [0.29, 0.717) is 36.4 Å². The van der Waals surface area contributed by atoms with Gasteiger partial charge in [0.2, 0.25) is 0 Å². The molecule has 3 aromatic rings. The smallest absolute Gasteiger partial charge is 0.323 e. The van der Waals surface area contributed by atoms with Crippen LogP contribution in [0.15, 0.2) is 62.7 Å². The van der Waals surface area contributed by atoms with Crippen LogP contribution in [0.25, 0.3) is 10.9 Å². The van der Waals surface area contributed by atoms with E-state index in [9.17, 15) is 9.59 Å². The molecule has 6 nitrogen and oxygen atoms in total. The molecule has 0 bridgehead atoms. The Hall–Kier alpha value is -2.32. The molecule has 8 heteroatoms. The fourth-order valence-electron chi connectivity index (χ4n) is 2.85. The predicted octanol–water partition coefficient (Wildman–Crippen LogP) is 4.21. The highest BCUT2D eigenvalue weighted by atomic mass is 79.9. The van der Waals surface area contributed by atoms with Crippen LogP contribution in [0, 0.1) is 6.92 Å². The van der Waals surface area contributed by atoms with Crippen molar-refractivity contribution < 1.29 is 4.79 Å². The van der Waals surface area contributed by atoms with Crippen LogP contribution in [0.3, 0.4) is 0 Å². The highest BCUT2D eigenvalue weighted by molar-refractivity contribution is 9.10. The van der Waals surface area contributed by atoms with Gasteiger partial charge in [-0.3, -0.25) is 14.1 Å². The predicted molar refractivity (Wildman–Crippen MR) is 117 cm³/mol. The van der Waals surface area contributed by atoms with Crippen LogP contribution in [0.2, 0.25) is 0 Å². The summed E-state index contributed by atoms with van der Waals surface area (Å²) in [6, 6.07) is 14.9. The van der Waals surface area contributed by atoms with Gasteiger partial charge >= 0.3 is 6.03 Å². The molecule has 3 rings (SSSR count). The average Bonchev–Trinajstić information content (AvgIpc) is 2.70. The van der Waals surface area contributed by atoms with Crippen LogP contribution in [0.1, 0.15) is 12.7 Å². The molecule has 0 spiro atoms. The third-order valence-electron chi connectivity index (χ3n) is 4.37. The van der Waals surface area contributed by atoms with E-state index in [0.717, 1.165) is 9.37 Å². The topological polar surface area (TPSA) is 67.2 Å². The first-order chi connectivity index (χ1) is 13.5. The zero-order chi connectivity index (χ0) is 20.1. The fourth-order valence-corrected chi connectivity index (χ4v) is 3.84. The molecular formula is C20H21BrN4O2S. The third-order valence-corrected chi connectivity index (χ3v) is 5.65. The Kier molecular flexibility index (Phi) is 6.74. The molecular weight excluding hydrogens is 440 g/mol. The molecule has 0 aliphatic rings. The van der Waals surface area contributed by atoms with Crippen molar-refractivity contribution in [3.05, 3.63) is 69.2 Å². The van der Waals surface area contributed by atoms with Gasteiger partial charge in [0.05, 0.1) is 10.9 Å². The van der Waals surface area contributed by atoms with E-state index in [1.807, 2.05) is 56.3 Å². The molecule has 0 atom stereocenters. The van der Waals surface area contributed by atoms with Crippen LogP contribution in [-0.2, 0) is 6.54 Å². The van der Waals surface area contributed by atoms with Crippen molar-refractivity contribution in [3.8, 4) is 0 Å². The van der Waals surface area contributed by atoms with Gasteiger partial charge < -0.3 is 4.90 Å². The summed E-state index contributed by atoms with van der Waals surface area (Å²) >= 11 is 4.68. The van der Waals surface area contributed by atoms with Gasteiger partial charge in [-0.15, -0.1) is 0 Å². The van der Waals surface area contributed by atoms with Crippen LogP contribution in [0.4, 0.5) is 4.79 Å². The van der Waals surface area contributed by atoms with E-state index >= 15 is 0 Å². The number of carbonyl (C=O) groups excluding carboxylic acids is 1. The molecule has 1 aromatic heterocycles. The lowest BCUT2D eigenvalue weighted by molar-refractivity contribution is 0.204. The second kappa shape index (κ2) is 9.25. The molecule has 2 aromatic carbocycles. The summed E-state index contributed by atoms with van der Waals surface area (Å²) in [4.78, 5) is 32.5. The van der Waals surface area contributed by atoms with E-state index in [1.54, 1.807) is 15.5 Å². The summed E-state index contributed by atoms with van der Waals surface area (Å²) in [6.45, 7) is 5.07. The molecule has 1 heterocycles. The first kappa shape index (κ1) is 20.4. The first-order valence-electron chi connectivity index (χ1n) is 8.93. The highest BCUT2D eigenvalue weighted by Gasteiger charge is 2.14. The molecule has 0 radical (unpaired) electrons. The molecule has 0 unspecified atom stereocenters. The van der Waals surface area contributed by atoms with Gasteiger partial charge in [-0.05, 0) is 56.1 Å². The number of nitrogens with zero attached hydrogens (tertiary/aromatic N) is 3. The molecule has 146 valence electrons. The van der Waals surface area contributed by atoms with Gasteiger partial charge in [0.25, 0.3) is 5.56 Å². The average molecular weight is 461 g/mol. The normalized spacial score (nSPS) is 10.8. The fraction of sp³-hybridized carbons (Fsp3) is 0.250. The lowest BCUT2D eigenvalue weighted by Gasteiger charge is -2.22. The SMILES string of the molecule is CCN(CCn1c(C)nc2ccc(Br)cc2c1=O)C(=O)NSc1ccccc1. The number of urea groups is 1. The van der Waals surface area contributed by atoms with Crippen molar-refractivity contribution >= 4 is 44.8 Å². The van der Waals surface area contributed by atoms with Crippen LogP contribution in [0.5, 0.6) is 0 Å². The minimum absolute atomic E-state index is 0.0982. The Morgan fingerprint density at radius 3 is 2.71 bits per heavy atom. The Morgan fingerprint density at radius 2 is 2.00 bits per heavy atom. The van der Waals surface area contributed by atoms with Gasteiger partial charge in [-0.2, -0.15) is 0 Å². The maximum Gasteiger partial charge on any atom is 0.327 e. The quantitative estimate of drug-likeness (QED) is 0.559. The van der Waals surface area contributed by atoms with Crippen molar-refractivity contribution in [2.45, 2.75) is 25.3 Å². The third kappa shape index (κ3) is 4.74. The van der Waals surface area contributed by atoms with E-state index in [1.165, 1.54) is 11.9 Å². The summed E-state index contributed by atoms with van der Waals surface area (Å²) in [5, 5.41) is 0.562.